The first-order chi connectivity index (χ1) is 10.9. The quantitative estimate of drug-likeness (QED) is 0.870. The van der Waals surface area contributed by atoms with Crippen LogP contribution in [-0.2, 0) is 11.3 Å². The number of hydrogen-bond donors (Lipinski definition) is 1. The normalized spacial score (nSPS) is 22.0. The molecule has 0 radical (unpaired) electrons. The van der Waals surface area contributed by atoms with E-state index < -0.39 is 5.60 Å². The van der Waals surface area contributed by atoms with Gasteiger partial charge in [0.2, 0.25) is 0 Å². The fourth-order valence-corrected chi connectivity index (χ4v) is 2.95. The SMILES string of the molecule is COc1cccc(CN2CCC[C@](O)(CN(C)C(C)C)C2=O)c1. The fourth-order valence-electron chi connectivity index (χ4n) is 2.95. The van der Waals surface area contributed by atoms with Gasteiger partial charge in [0.05, 0.1) is 7.11 Å². The van der Waals surface area contributed by atoms with Crippen molar-refractivity contribution >= 4 is 5.91 Å². The molecule has 0 aromatic heterocycles. The van der Waals surface area contributed by atoms with E-state index in [-0.39, 0.29) is 5.91 Å². The topological polar surface area (TPSA) is 53.0 Å². The molecule has 5 nitrogen and oxygen atoms in total. The molecule has 1 aromatic carbocycles. The number of benzene rings is 1. The molecule has 1 aromatic rings. The Hall–Kier alpha value is -1.59. The molecule has 1 fully saturated rings. The van der Waals surface area contributed by atoms with Crippen molar-refractivity contribution in [3.63, 3.8) is 0 Å². The monoisotopic (exact) mass is 320 g/mol. The zero-order valence-electron chi connectivity index (χ0n) is 14.6. The molecule has 0 saturated carbocycles. The van der Waals surface area contributed by atoms with Crippen LogP contribution in [0, 0.1) is 0 Å². The van der Waals surface area contributed by atoms with Crippen molar-refractivity contribution in [2.45, 2.75) is 44.9 Å². The highest BCUT2D eigenvalue weighted by atomic mass is 16.5. The molecule has 0 spiro atoms. The Morgan fingerprint density at radius 3 is 2.83 bits per heavy atom. The van der Waals surface area contributed by atoms with Crippen LogP contribution in [0.4, 0.5) is 0 Å². The second-order valence-corrected chi connectivity index (χ2v) is 6.72. The molecular formula is C18H28N2O3. The summed E-state index contributed by atoms with van der Waals surface area (Å²) in [6.07, 6.45) is 1.34. The van der Waals surface area contributed by atoms with Gasteiger partial charge in [0, 0.05) is 25.7 Å². The average Bonchev–Trinajstić information content (AvgIpc) is 2.52. The largest absolute Gasteiger partial charge is 0.497 e. The Labute approximate surface area is 138 Å². The van der Waals surface area contributed by atoms with E-state index in [1.807, 2.05) is 36.2 Å². The Kier molecular flexibility index (Phi) is 5.65. The molecule has 0 aliphatic carbocycles. The number of rotatable bonds is 6. The zero-order valence-corrected chi connectivity index (χ0v) is 14.6. The summed E-state index contributed by atoms with van der Waals surface area (Å²) in [5.41, 5.74) is -0.268. The molecule has 5 heteroatoms. The fraction of sp³-hybridized carbons (Fsp3) is 0.611. The van der Waals surface area contributed by atoms with Gasteiger partial charge in [-0.2, -0.15) is 0 Å². The highest BCUT2D eigenvalue weighted by molar-refractivity contribution is 5.86. The lowest BCUT2D eigenvalue weighted by Gasteiger charge is -2.41. The van der Waals surface area contributed by atoms with E-state index in [1.54, 1.807) is 12.0 Å². The smallest absolute Gasteiger partial charge is 0.256 e. The Morgan fingerprint density at radius 1 is 1.43 bits per heavy atom. The summed E-state index contributed by atoms with van der Waals surface area (Å²) < 4.78 is 5.23. The molecular weight excluding hydrogens is 292 g/mol. The van der Waals surface area contributed by atoms with Crippen LogP contribution in [0.2, 0.25) is 0 Å². The van der Waals surface area contributed by atoms with Gasteiger partial charge in [0.15, 0.2) is 5.60 Å². The number of carbonyl (C=O) groups is 1. The van der Waals surface area contributed by atoms with Crippen molar-refractivity contribution in [3.8, 4) is 5.75 Å². The van der Waals surface area contributed by atoms with Crippen LogP contribution >= 0.6 is 0 Å². The molecule has 128 valence electrons. The van der Waals surface area contributed by atoms with Crippen molar-refractivity contribution in [2.75, 3.05) is 27.2 Å². The molecule has 1 aliphatic heterocycles. The molecule has 1 amide bonds. The third-order valence-corrected chi connectivity index (χ3v) is 4.60. The summed E-state index contributed by atoms with van der Waals surface area (Å²) in [7, 11) is 3.57. The number of carbonyl (C=O) groups excluding carboxylic acids is 1. The summed E-state index contributed by atoms with van der Waals surface area (Å²) in [6.45, 7) is 5.68. The third-order valence-electron chi connectivity index (χ3n) is 4.60. The summed E-state index contributed by atoms with van der Waals surface area (Å²) in [5.74, 6) is 0.612. The maximum absolute atomic E-state index is 12.8. The van der Waals surface area contributed by atoms with E-state index in [2.05, 4.69) is 13.8 Å². The van der Waals surface area contributed by atoms with Crippen LogP contribution in [0.15, 0.2) is 24.3 Å². The standard InChI is InChI=1S/C18H28N2O3/c1-14(2)19(3)13-18(22)9-6-10-20(17(18)21)12-15-7-5-8-16(11-15)23-4/h5,7-8,11,14,22H,6,9-10,12-13H2,1-4H3/t18-/m0/s1. The van der Waals surface area contributed by atoms with Crippen molar-refractivity contribution in [3.05, 3.63) is 29.8 Å². The number of hydrogen-bond acceptors (Lipinski definition) is 4. The van der Waals surface area contributed by atoms with Gasteiger partial charge >= 0.3 is 0 Å². The molecule has 1 aliphatic rings. The first-order valence-electron chi connectivity index (χ1n) is 8.20. The van der Waals surface area contributed by atoms with Gasteiger partial charge in [0.25, 0.3) is 5.91 Å². The summed E-state index contributed by atoms with van der Waals surface area (Å²) in [6, 6.07) is 8.00. The van der Waals surface area contributed by atoms with Gasteiger partial charge in [-0.1, -0.05) is 12.1 Å². The van der Waals surface area contributed by atoms with Crippen molar-refractivity contribution < 1.29 is 14.6 Å². The maximum atomic E-state index is 12.8. The van der Waals surface area contributed by atoms with E-state index in [0.717, 1.165) is 17.7 Å². The van der Waals surface area contributed by atoms with Crippen LogP contribution in [0.25, 0.3) is 0 Å². The number of likely N-dealkylation sites (N-methyl/N-ethyl adjacent to an activating group) is 1. The van der Waals surface area contributed by atoms with Crippen LogP contribution < -0.4 is 4.74 Å². The van der Waals surface area contributed by atoms with Gasteiger partial charge in [-0.15, -0.1) is 0 Å². The minimum Gasteiger partial charge on any atom is -0.497 e. The first kappa shape index (κ1) is 17.8. The molecule has 1 saturated heterocycles. The van der Waals surface area contributed by atoms with Crippen LogP contribution in [0.1, 0.15) is 32.3 Å². The minimum atomic E-state index is -1.28. The van der Waals surface area contributed by atoms with Crippen molar-refractivity contribution in [1.82, 2.24) is 9.80 Å². The number of methoxy groups -OCH3 is 1. The highest BCUT2D eigenvalue weighted by Crippen LogP contribution is 2.26. The average molecular weight is 320 g/mol. The second-order valence-electron chi connectivity index (χ2n) is 6.72. The summed E-state index contributed by atoms with van der Waals surface area (Å²) in [5, 5.41) is 10.9. The minimum absolute atomic E-state index is 0.168. The van der Waals surface area contributed by atoms with Crippen LogP contribution in [0.3, 0.4) is 0 Å². The number of piperidine rings is 1. The second kappa shape index (κ2) is 7.32. The van der Waals surface area contributed by atoms with Gasteiger partial charge in [-0.25, -0.2) is 0 Å². The lowest BCUT2D eigenvalue weighted by atomic mass is 9.90. The predicted molar refractivity (Wildman–Crippen MR) is 90.4 cm³/mol. The third kappa shape index (κ3) is 4.24. The van der Waals surface area contributed by atoms with E-state index in [9.17, 15) is 9.90 Å². The van der Waals surface area contributed by atoms with E-state index in [0.29, 0.717) is 32.1 Å². The molecule has 0 unspecified atom stereocenters. The van der Waals surface area contributed by atoms with E-state index >= 15 is 0 Å². The predicted octanol–water partition coefficient (Wildman–Crippen LogP) is 1.89. The van der Waals surface area contributed by atoms with E-state index in [4.69, 9.17) is 4.74 Å². The molecule has 23 heavy (non-hydrogen) atoms. The van der Waals surface area contributed by atoms with E-state index in [1.165, 1.54) is 0 Å². The number of nitrogens with zero attached hydrogens (tertiary/aromatic N) is 2. The molecule has 0 bridgehead atoms. The highest BCUT2D eigenvalue weighted by Gasteiger charge is 2.43. The van der Waals surface area contributed by atoms with Crippen LogP contribution in [0.5, 0.6) is 5.75 Å². The van der Waals surface area contributed by atoms with Crippen molar-refractivity contribution in [1.29, 1.82) is 0 Å². The molecule has 2 rings (SSSR count). The van der Waals surface area contributed by atoms with Crippen LogP contribution in [-0.4, -0.2) is 59.7 Å². The summed E-state index contributed by atoms with van der Waals surface area (Å²) >= 11 is 0. The lowest BCUT2D eigenvalue weighted by Crippen LogP contribution is -2.58. The van der Waals surface area contributed by atoms with Gasteiger partial charge in [-0.05, 0) is 51.4 Å². The lowest BCUT2D eigenvalue weighted by molar-refractivity contribution is -0.160. The van der Waals surface area contributed by atoms with Crippen molar-refractivity contribution in [2.24, 2.45) is 0 Å². The Morgan fingerprint density at radius 2 is 2.17 bits per heavy atom. The summed E-state index contributed by atoms with van der Waals surface area (Å²) in [4.78, 5) is 16.6. The zero-order chi connectivity index (χ0) is 17.0. The maximum Gasteiger partial charge on any atom is 0.256 e. The number of likely N-dealkylation sites (tertiary alicyclic amines) is 1. The Bertz CT molecular complexity index is 547. The number of ether oxygens (including phenoxy) is 1. The van der Waals surface area contributed by atoms with Gasteiger partial charge in [0.1, 0.15) is 5.75 Å². The van der Waals surface area contributed by atoms with Gasteiger partial charge < -0.3 is 19.6 Å². The molecule has 1 heterocycles. The molecule has 1 N–H and O–H groups in total. The first-order valence-corrected chi connectivity index (χ1v) is 8.20. The number of amides is 1. The number of aliphatic hydroxyl groups is 1. The Balaban J connectivity index is 2.09. The van der Waals surface area contributed by atoms with Gasteiger partial charge in [-0.3, -0.25) is 4.79 Å². The molecule has 1 atom stereocenters.